The van der Waals surface area contributed by atoms with Gasteiger partial charge in [0.2, 0.25) is 0 Å². The van der Waals surface area contributed by atoms with Crippen LogP contribution in [0.5, 0.6) is 0 Å². The summed E-state index contributed by atoms with van der Waals surface area (Å²) in [5.74, 6) is 0.467. The highest BCUT2D eigenvalue weighted by Crippen LogP contribution is 2.35. The first-order chi connectivity index (χ1) is 15.0. The predicted molar refractivity (Wildman–Crippen MR) is 122 cm³/mol. The quantitative estimate of drug-likeness (QED) is 0.472. The Morgan fingerprint density at radius 2 is 1.74 bits per heavy atom. The number of benzodiazepines with no additional fused rings is 1. The summed E-state index contributed by atoms with van der Waals surface area (Å²) in [5, 5.41) is 11.0. The van der Waals surface area contributed by atoms with Gasteiger partial charge in [-0.3, -0.25) is 19.9 Å². The summed E-state index contributed by atoms with van der Waals surface area (Å²) in [6.45, 7) is 4.46. The van der Waals surface area contributed by atoms with E-state index in [-0.39, 0.29) is 17.5 Å². The summed E-state index contributed by atoms with van der Waals surface area (Å²) in [6.07, 6.45) is 5.92. The Morgan fingerprint density at radius 3 is 2.39 bits per heavy atom. The highest BCUT2D eigenvalue weighted by molar-refractivity contribution is 6.13. The summed E-state index contributed by atoms with van der Waals surface area (Å²) >= 11 is 0. The van der Waals surface area contributed by atoms with Crippen LogP contribution < -0.4 is 4.90 Å². The summed E-state index contributed by atoms with van der Waals surface area (Å²) in [7, 11) is 0. The number of hydrogen-bond acceptors (Lipinski definition) is 4. The molecule has 0 spiro atoms. The number of benzene rings is 2. The number of amides is 1. The van der Waals surface area contributed by atoms with Gasteiger partial charge in [0.25, 0.3) is 11.6 Å². The number of carbonyl (C=O) groups is 1. The molecule has 6 nitrogen and oxygen atoms in total. The number of rotatable bonds is 5. The number of nitro groups is 1. The number of nitrogens with zero attached hydrogens (tertiary/aromatic N) is 3. The maximum absolute atomic E-state index is 13.7. The fourth-order valence-corrected chi connectivity index (χ4v) is 4.68. The second-order valence-electron chi connectivity index (χ2n) is 8.90. The first kappa shape index (κ1) is 21.2. The van der Waals surface area contributed by atoms with Gasteiger partial charge in [0.1, 0.15) is 6.04 Å². The minimum absolute atomic E-state index is 0.00777. The Labute approximate surface area is 183 Å². The fraction of sp³-hybridized carbons (Fsp3) is 0.440. The molecule has 31 heavy (non-hydrogen) atoms. The topological polar surface area (TPSA) is 75.8 Å². The molecule has 0 saturated heterocycles. The van der Waals surface area contributed by atoms with Gasteiger partial charge in [-0.2, -0.15) is 0 Å². The van der Waals surface area contributed by atoms with Gasteiger partial charge in [0.05, 0.1) is 17.2 Å². The summed E-state index contributed by atoms with van der Waals surface area (Å²) in [6, 6.07) is 14.1. The lowest BCUT2D eigenvalue weighted by Gasteiger charge is -2.27. The van der Waals surface area contributed by atoms with Gasteiger partial charge in [0, 0.05) is 29.3 Å². The average molecular weight is 420 g/mol. The largest absolute Gasteiger partial charge is 0.305 e. The van der Waals surface area contributed by atoms with E-state index in [1.807, 2.05) is 36.9 Å². The van der Waals surface area contributed by atoms with E-state index in [4.69, 9.17) is 4.99 Å². The lowest BCUT2D eigenvalue weighted by molar-refractivity contribution is -0.384. The zero-order valence-electron chi connectivity index (χ0n) is 18.2. The number of nitro benzene ring substituents is 1. The SMILES string of the molecule is CC(C)[C@@H]1N=C(C2CCCCC2)c2ccccc2N(Cc2ccc([N+](=O)[O-])cc2)C1=O. The van der Waals surface area contributed by atoms with Crippen LogP contribution in [0.25, 0.3) is 0 Å². The van der Waals surface area contributed by atoms with E-state index in [0.29, 0.717) is 12.5 Å². The molecule has 0 radical (unpaired) electrons. The molecule has 0 aromatic heterocycles. The number of fused-ring (bicyclic) bond motifs is 1. The van der Waals surface area contributed by atoms with Crippen LogP contribution in [-0.4, -0.2) is 22.6 Å². The minimum atomic E-state index is -0.428. The number of carbonyl (C=O) groups excluding carboxylic acids is 1. The molecule has 1 amide bonds. The van der Waals surface area contributed by atoms with Crippen molar-refractivity contribution in [3.63, 3.8) is 0 Å². The van der Waals surface area contributed by atoms with Crippen LogP contribution in [0, 0.1) is 22.0 Å². The van der Waals surface area contributed by atoms with Crippen molar-refractivity contribution in [1.29, 1.82) is 0 Å². The number of para-hydroxylation sites is 1. The van der Waals surface area contributed by atoms with E-state index in [1.54, 1.807) is 12.1 Å². The average Bonchev–Trinajstić information content (AvgIpc) is 2.90. The van der Waals surface area contributed by atoms with Gasteiger partial charge in [-0.15, -0.1) is 0 Å². The molecule has 2 aliphatic rings. The normalized spacial score (nSPS) is 19.7. The molecule has 1 atom stereocenters. The lowest BCUT2D eigenvalue weighted by atomic mass is 9.82. The summed E-state index contributed by atoms with van der Waals surface area (Å²) < 4.78 is 0. The Kier molecular flexibility index (Phi) is 6.16. The van der Waals surface area contributed by atoms with Gasteiger partial charge < -0.3 is 4.90 Å². The predicted octanol–water partition coefficient (Wildman–Crippen LogP) is 5.54. The van der Waals surface area contributed by atoms with Crippen molar-refractivity contribution in [3.8, 4) is 0 Å². The van der Waals surface area contributed by atoms with Crippen molar-refractivity contribution < 1.29 is 9.72 Å². The molecule has 1 saturated carbocycles. The fourth-order valence-electron chi connectivity index (χ4n) is 4.68. The lowest BCUT2D eigenvalue weighted by Crippen LogP contribution is -2.39. The van der Waals surface area contributed by atoms with E-state index >= 15 is 0 Å². The molecule has 2 aromatic carbocycles. The molecule has 1 aliphatic carbocycles. The number of aliphatic imine (C=N–C) groups is 1. The van der Waals surface area contributed by atoms with Crippen molar-refractivity contribution in [1.82, 2.24) is 0 Å². The van der Waals surface area contributed by atoms with Crippen LogP contribution in [0.2, 0.25) is 0 Å². The zero-order chi connectivity index (χ0) is 22.0. The van der Waals surface area contributed by atoms with Crippen molar-refractivity contribution >= 4 is 23.0 Å². The smallest absolute Gasteiger partial charge is 0.269 e. The van der Waals surface area contributed by atoms with Crippen LogP contribution in [0.1, 0.15) is 57.1 Å². The highest BCUT2D eigenvalue weighted by atomic mass is 16.6. The maximum atomic E-state index is 13.7. The monoisotopic (exact) mass is 419 g/mol. The molecule has 1 heterocycles. The molecular formula is C25H29N3O3. The van der Waals surface area contributed by atoms with Crippen molar-refractivity contribution in [2.24, 2.45) is 16.8 Å². The molecule has 6 heteroatoms. The van der Waals surface area contributed by atoms with Crippen LogP contribution in [0.3, 0.4) is 0 Å². The van der Waals surface area contributed by atoms with Crippen molar-refractivity contribution in [2.75, 3.05) is 4.90 Å². The van der Waals surface area contributed by atoms with Gasteiger partial charge in [0.15, 0.2) is 0 Å². The third-order valence-corrected chi connectivity index (χ3v) is 6.38. The third kappa shape index (κ3) is 4.38. The van der Waals surface area contributed by atoms with Crippen molar-refractivity contribution in [3.05, 3.63) is 69.8 Å². The van der Waals surface area contributed by atoms with E-state index in [0.717, 1.165) is 35.4 Å². The molecule has 1 aliphatic heterocycles. The molecule has 1 fully saturated rings. The Bertz CT molecular complexity index is 991. The molecule has 0 N–H and O–H groups in total. The Balaban J connectivity index is 1.75. The van der Waals surface area contributed by atoms with Crippen LogP contribution in [-0.2, 0) is 11.3 Å². The van der Waals surface area contributed by atoms with E-state index in [9.17, 15) is 14.9 Å². The van der Waals surface area contributed by atoms with Crippen LogP contribution in [0.15, 0.2) is 53.5 Å². The molecule has 162 valence electrons. The van der Waals surface area contributed by atoms with E-state index < -0.39 is 11.0 Å². The second kappa shape index (κ2) is 9.00. The second-order valence-corrected chi connectivity index (χ2v) is 8.90. The molecule has 0 bridgehead atoms. The first-order valence-electron chi connectivity index (χ1n) is 11.2. The summed E-state index contributed by atoms with van der Waals surface area (Å²) in [4.78, 5) is 31.2. The third-order valence-electron chi connectivity index (χ3n) is 6.38. The maximum Gasteiger partial charge on any atom is 0.269 e. The number of anilines is 1. The number of hydrogen-bond donors (Lipinski definition) is 0. The standard InChI is InChI=1S/C25H29N3O3/c1-17(2)23-25(29)27(16-18-12-14-20(15-13-18)28(30)31)22-11-7-6-10-21(22)24(26-23)19-8-4-3-5-9-19/h6-7,10-15,17,19,23H,3-5,8-9,16H2,1-2H3/t23-/m0/s1. The van der Waals surface area contributed by atoms with E-state index in [2.05, 4.69) is 6.07 Å². The first-order valence-corrected chi connectivity index (χ1v) is 11.2. The van der Waals surface area contributed by atoms with Gasteiger partial charge in [-0.1, -0.05) is 63.4 Å². The van der Waals surface area contributed by atoms with Crippen LogP contribution in [0.4, 0.5) is 11.4 Å². The zero-order valence-corrected chi connectivity index (χ0v) is 18.2. The number of non-ortho nitro benzene ring substituents is 1. The van der Waals surface area contributed by atoms with Crippen LogP contribution >= 0.6 is 0 Å². The highest BCUT2D eigenvalue weighted by Gasteiger charge is 2.35. The molecule has 2 aromatic rings. The Morgan fingerprint density at radius 1 is 1.06 bits per heavy atom. The molecular weight excluding hydrogens is 390 g/mol. The molecule has 4 rings (SSSR count). The Hall–Kier alpha value is -3.02. The summed E-state index contributed by atoms with van der Waals surface area (Å²) in [5.41, 5.74) is 3.92. The minimum Gasteiger partial charge on any atom is -0.305 e. The van der Waals surface area contributed by atoms with Gasteiger partial charge >= 0.3 is 0 Å². The molecule has 0 unspecified atom stereocenters. The van der Waals surface area contributed by atoms with E-state index in [1.165, 1.54) is 31.4 Å². The van der Waals surface area contributed by atoms with Gasteiger partial charge in [-0.05, 0) is 30.4 Å². The van der Waals surface area contributed by atoms with Gasteiger partial charge in [-0.25, -0.2) is 0 Å². The van der Waals surface area contributed by atoms with Crippen molar-refractivity contribution in [2.45, 2.75) is 58.5 Å².